The minimum absolute atomic E-state index is 0.556. The summed E-state index contributed by atoms with van der Waals surface area (Å²) in [7, 11) is 0. The van der Waals surface area contributed by atoms with Crippen molar-refractivity contribution in [3.63, 3.8) is 0 Å². The summed E-state index contributed by atoms with van der Waals surface area (Å²) in [4.78, 5) is 0. The Balaban J connectivity index is 2.40. The Labute approximate surface area is 44.4 Å². The minimum atomic E-state index is -0.556. The molecule has 0 aromatic carbocycles. The van der Waals surface area contributed by atoms with Gasteiger partial charge in [0.25, 0.3) is 0 Å². The second kappa shape index (κ2) is 1.48. The van der Waals surface area contributed by atoms with Gasteiger partial charge in [-0.25, -0.2) is 0 Å². The fourth-order valence-electron chi connectivity index (χ4n) is 1.03. The van der Waals surface area contributed by atoms with Crippen molar-refractivity contribution in [1.29, 1.82) is 0 Å². The SMILES string of the molecule is [CH2]C1(O)CCCC1. The molecule has 0 spiro atoms. The van der Waals surface area contributed by atoms with Crippen LogP contribution >= 0.6 is 0 Å². The summed E-state index contributed by atoms with van der Waals surface area (Å²) >= 11 is 0. The van der Waals surface area contributed by atoms with E-state index in [9.17, 15) is 0 Å². The molecule has 1 N–H and O–H groups in total. The van der Waals surface area contributed by atoms with Gasteiger partial charge in [0.05, 0.1) is 5.60 Å². The van der Waals surface area contributed by atoms with Gasteiger partial charge in [-0.3, -0.25) is 0 Å². The molecule has 0 bridgehead atoms. The molecular weight excluding hydrogens is 88.1 g/mol. The highest BCUT2D eigenvalue weighted by atomic mass is 16.3. The van der Waals surface area contributed by atoms with Crippen LogP contribution < -0.4 is 0 Å². The van der Waals surface area contributed by atoms with Crippen LogP contribution in [0, 0.1) is 6.92 Å². The predicted octanol–water partition coefficient (Wildman–Crippen LogP) is 1.13. The van der Waals surface area contributed by atoms with E-state index in [-0.39, 0.29) is 0 Å². The fourth-order valence-corrected chi connectivity index (χ4v) is 1.03. The molecule has 1 saturated carbocycles. The molecule has 0 aromatic rings. The van der Waals surface area contributed by atoms with Gasteiger partial charge in [0, 0.05) is 0 Å². The summed E-state index contributed by atoms with van der Waals surface area (Å²) in [5, 5.41) is 9.08. The number of aliphatic hydroxyl groups is 1. The van der Waals surface area contributed by atoms with E-state index in [0.717, 1.165) is 25.7 Å². The van der Waals surface area contributed by atoms with Gasteiger partial charge in [-0.1, -0.05) is 12.8 Å². The lowest BCUT2D eigenvalue weighted by molar-refractivity contribution is 0.0962. The van der Waals surface area contributed by atoms with Crippen LogP contribution in [0.2, 0.25) is 0 Å². The Morgan fingerprint density at radius 1 is 1.29 bits per heavy atom. The van der Waals surface area contributed by atoms with Crippen molar-refractivity contribution >= 4 is 0 Å². The van der Waals surface area contributed by atoms with Gasteiger partial charge < -0.3 is 5.11 Å². The predicted molar refractivity (Wildman–Crippen MR) is 28.8 cm³/mol. The molecule has 1 heteroatoms. The molecule has 0 aliphatic heterocycles. The summed E-state index contributed by atoms with van der Waals surface area (Å²) < 4.78 is 0. The molecular formula is C6H11O. The van der Waals surface area contributed by atoms with Crippen LogP contribution in [0.25, 0.3) is 0 Å². The highest BCUT2D eigenvalue weighted by molar-refractivity contribution is 4.85. The van der Waals surface area contributed by atoms with Crippen molar-refractivity contribution in [3.05, 3.63) is 6.92 Å². The maximum Gasteiger partial charge on any atom is 0.0648 e. The zero-order valence-corrected chi connectivity index (χ0v) is 4.48. The molecule has 1 aliphatic rings. The summed E-state index contributed by atoms with van der Waals surface area (Å²) in [6.45, 7) is 3.62. The van der Waals surface area contributed by atoms with Crippen molar-refractivity contribution in [2.45, 2.75) is 31.3 Å². The maximum absolute atomic E-state index is 9.08. The Bertz CT molecular complexity index is 58.6. The fraction of sp³-hybridized carbons (Fsp3) is 0.833. The van der Waals surface area contributed by atoms with Crippen LogP contribution in [0.15, 0.2) is 0 Å². The minimum Gasteiger partial charge on any atom is -0.390 e. The van der Waals surface area contributed by atoms with E-state index in [1.54, 1.807) is 0 Å². The summed E-state index contributed by atoms with van der Waals surface area (Å²) in [6, 6.07) is 0. The maximum atomic E-state index is 9.08. The largest absolute Gasteiger partial charge is 0.390 e. The summed E-state index contributed by atoms with van der Waals surface area (Å²) in [5.41, 5.74) is -0.556. The van der Waals surface area contributed by atoms with E-state index >= 15 is 0 Å². The Morgan fingerprint density at radius 2 is 1.71 bits per heavy atom. The monoisotopic (exact) mass is 99.1 g/mol. The van der Waals surface area contributed by atoms with Crippen LogP contribution in [0.1, 0.15) is 25.7 Å². The Hall–Kier alpha value is -0.0400. The van der Waals surface area contributed by atoms with Crippen LogP contribution in [-0.2, 0) is 0 Å². The molecule has 1 radical (unpaired) electrons. The van der Waals surface area contributed by atoms with Gasteiger partial charge >= 0.3 is 0 Å². The van der Waals surface area contributed by atoms with Gasteiger partial charge in [0.15, 0.2) is 0 Å². The first kappa shape index (κ1) is 5.10. The molecule has 41 valence electrons. The van der Waals surface area contributed by atoms with Crippen LogP contribution in [0.4, 0.5) is 0 Å². The molecule has 0 saturated heterocycles. The van der Waals surface area contributed by atoms with Gasteiger partial charge in [-0.2, -0.15) is 0 Å². The molecule has 1 aliphatic carbocycles. The van der Waals surface area contributed by atoms with Crippen molar-refractivity contribution in [2.75, 3.05) is 0 Å². The molecule has 0 amide bonds. The third-order valence-corrected chi connectivity index (χ3v) is 1.53. The van der Waals surface area contributed by atoms with Crippen LogP contribution in [0.3, 0.4) is 0 Å². The van der Waals surface area contributed by atoms with Gasteiger partial charge in [-0.05, 0) is 19.8 Å². The van der Waals surface area contributed by atoms with Crippen molar-refractivity contribution in [1.82, 2.24) is 0 Å². The molecule has 1 nitrogen and oxygen atoms in total. The third-order valence-electron chi connectivity index (χ3n) is 1.53. The first-order valence-corrected chi connectivity index (χ1v) is 2.78. The van der Waals surface area contributed by atoms with Crippen molar-refractivity contribution < 1.29 is 5.11 Å². The van der Waals surface area contributed by atoms with E-state index in [1.807, 2.05) is 0 Å². The lowest BCUT2D eigenvalue weighted by Crippen LogP contribution is -2.17. The first-order valence-electron chi connectivity index (χ1n) is 2.78. The molecule has 1 rings (SSSR count). The molecule has 0 heterocycles. The van der Waals surface area contributed by atoms with Crippen LogP contribution in [-0.4, -0.2) is 10.7 Å². The smallest absolute Gasteiger partial charge is 0.0648 e. The summed E-state index contributed by atoms with van der Waals surface area (Å²) in [5.74, 6) is 0. The van der Waals surface area contributed by atoms with E-state index in [0.29, 0.717) is 0 Å². The number of hydrogen-bond acceptors (Lipinski definition) is 1. The van der Waals surface area contributed by atoms with Crippen molar-refractivity contribution in [3.8, 4) is 0 Å². The molecule has 0 unspecified atom stereocenters. The summed E-state index contributed by atoms with van der Waals surface area (Å²) in [6.07, 6.45) is 4.10. The molecule has 1 fully saturated rings. The topological polar surface area (TPSA) is 20.2 Å². The van der Waals surface area contributed by atoms with E-state index in [1.165, 1.54) is 0 Å². The zero-order valence-electron chi connectivity index (χ0n) is 4.48. The Morgan fingerprint density at radius 3 is 1.86 bits per heavy atom. The highest BCUT2D eigenvalue weighted by Gasteiger charge is 2.24. The quantitative estimate of drug-likeness (QED) is 0.482. The normalized spacial score (nSPS) is 28.3. The van der Waals surface area contributed by atoms with E-state index < -0.39 is 5.60 Å². The third kappa shape index (κ3) is 1.16. The van der Waals surface area contributed by atoms with Crippen molar-refractivity contribution in [2.24, 2.45) is 0 Å². The number of hydrogen-bond donors (Lipinski definition) is 1. The molecule has 7 heavy (non-hydrogen) atoms. The second-order valence-electron chi connectivity index (χ2n) is 2.43. The average Bonchev–Trinajstić information content (AvgIpc) is 1.84. The van der Waals surface area contributed by atoms with Crippen LogP contribution in [0.5, 0.6) is 0 Å². The zero-order chi connectivity index (χ0) is 5.33. The van der Waals surface area contributed by atoms with Gasteiger partial charge in [0.1, 0.15) is 0 Å². The average molecular weight is 99.2 g/mol. The molecule has 0 aromatic heterocycles. The Kier molecular flexibility index (Phi) is 1.08. The lowest BCUT2D eigenvalue weighted by Gasteiger charge is -2.12. The first-order chi connectivity index (χ1) is 3.21. The number of rotatable bonds is 0. The second-order valence-corrected chi connectivity index (χ2v) is 2.43. The molecule has 0 atom stereocenters. The van der Waals surface area contributed by atoms with E-state index in [2.05, 4.69) is 6.92 Å². The lowest BCUT2D eigenvalue weighted by atomic mass is 10.1. The van der Waals surface area contributed by atoms with Gasteiger partial charge in [0.2, 0.25) is 0 Å². The standard InChI is InChI=1S/C6H11O/c1-6(7)4-2-3-5-6/h7H,1-5H2. The van der Waals surface area contributed by atoms with Gasteiger partial charge in [-0.15, -0.1) is 0 Å². The van der Waals surface area contributed by atoms with E-state index in [4.69, 9.17) is 5.11 Å². The highest BCUT2D eigenvalue weighted by Crippen LogP contribution is 2.27.